The summed E-state index contributed by atoms with van der Waals surface area (Å²) in [6, 6.07) is 0. The highest BCUT2D eigenvalue weighted by atomic mass is 16.3. The minimum Gasteiger partial charge on any atom is -0.389 e. The van der Waals surface area contributed by atoms with Crippen LogP contribution in [0.3, 0.4) is 0 Å². The predicted octanol–water partition coefficient (Wildman–Crippen LogP) is 2.41. The van der Waals surface area contributed by atoms with E-state index in [1.165, 1.54) is 31.4 Å². The van der Waals surface area contributed by atoms with Crippen molar-refractivity contribution in [2.45, 2.75) is 50.5 Å². The summed E-state index contributed by atoms with van der Waals surface area (Å²) in [7, 11) is 0. The largest absolute Gasteiger partial charge is 0.389 e. The molecule has 0 radical (unpaired) electrons. The van der Waals surface area contributed by atoms with Crippen molar-refractivity contribution in [3.05, 3.63) is 0 Å². The first kappa shape index (κ1) is 9.64. The van der Waals surface area contributed by atoms with E-state index >= 15 is 0 Å². The van der Waals surface area contributed by atoms with Gasteiger partial charge in [0.25, 0.3) is 0 Å². The third-order valence-electron chi connectivity index (χ3n) is 5.85. The molecule has 0 saturated heterocycles. The van der Waals surface area contributed by atoms with Crippen molar-refractivity contribution in [1.82, 2.24) is 0 Å². The van der Waals surface area contributed by atoms with E-state index in [2.05, 4.69) is 0 Å². The first-order valence-electron chi connectivity index (χ1n) is 7.04. The van der Waals surface area contributed by atoms with Crippen LogP contribution in [-0.4, -0.2) is 23.0 Å². The second kappa shape index (κ2) is 3.10. The van der Waals surface area contributed by atoms with Gasteiger partial charge in [-0.2, -0.15) is 0 Å². The maximum atomic E-state index is 10.8. The van der Waals surface area contributed by atoms with E-state index in [1.807, 2.05) is 0 Å². The van der Waals surface area contributed by atoms with Crippen molar-refractivity contribution < 1.29 is 5.11 Å². The van der Waals surface area contributed by atoms with Crippen LogP contribution in [-0.2, 0) is 0 Å². The lowest BCUT2D eigenvalue weighted by molar-refractivity contribution is -0.0918. The lowest BCUT2D eigenvalue weighted by atomic mass is 9.52. The van der Waals surface area contributed by atoms with E-state index in [0.717, 1.165) is 43.6 Å². The van der Waals surface area contributed by atoms with Gasteiger partial charge in [-0.1, -0.05) is 12.8 Å². The van der Waals surface area contributed by atoms with Crippen LogP contribution >= 0.6 is 0 Å². The van der Waals surface area contributed by atoms with Crippen LogP contribution in [0.2, 0.25) is 0 Å². The van der Waals surface area contributed by atoms with E-state index < -0.39 is 0 Å². The van der Waals surface area contributed by atoms with E-state index in [1.54, 1.807) is 0 Å². The minimum absolute atomic E-state index is 0.357. The molecule has 4 rings (SSSR count). The van der Waals surface area contributed by atoms with Gasteiger partial charge in [-0.25, -0.2) is 0 Å². The molecule has 0 aromatic carbocycles. The Kier molecular flexibility index (Phi) is 1.86. The molecule has 0 spiro atoms. The van der Waals surface area contributed by atoms with Gasteiger partial charge < -0.3 is 5.11 Å². The summed E-state index contributed by atoms with van der Waals surface area (Å²) in [5.41, 5.74) is 1.08. The van der Waals surface area contributed by atoms with E-state index in [-0.39, 0.29) is 5.60 Å². The molecule has 3 saturated carbocycles. The van der Waals surface area contributed by atoms with Crippen LogP contribution in [0.1, 0.15) is 44.9 Å². The molecule has 2 nitrogen and oxygen atoms in total. The fraction of sp³-hybridized carbons (Fsp3) is 0.929. The zero-order chi connectivity index (χ0) is 10.8. The fourth-order valence-corrected chi connectivity index (χ4v) is 5.15. The summed E-state index contributed by atoms with van der Waals surface area (Å²) in [6.45, 7) is 0.982. The average molecular weight is 219 g/mol. The van der Waals surface area contributed by atoms with Crippen LogP contribution < -0.4 is 0 Å². The topological polar surface area (TPSA) is 32.6 Å². The Hall–Kier alpha value is -0.370. The average Bonchev–Trinajstić information content (AvgIpc) is 2.78. The number of aliphatic imine (C=N–C) groups is 1. The summed E-state index contributed by atoms with van der Waals surface area (Å²) >= 11 is 0. The van der Waals surface area contributed by atoms with Gasteiger partial charge in [-0.05, 0) is 43.9 Å². The van der Waals surface area contributed by atoms with E-state index in [4.69, 9.17) is 4.99 Å². The number of hydrogen-bond acceptors (Lipinski definition) is 2. The molecule has 0 aromatic rings. The van der Waals surface area contributed by atoms with Crippen molar-refractivity contribution in [1.29, 1.82) is 0 Å². The predicted molar refractivity (Wildman–Crippen MR) is 63.5 cm³/mol. The number of hydrogen-bond donors (Lipinski definition) is 1. The first-order valence-corrected chi connectivity index (χ1v) is 7.04. The van der Waals surface area contributed by atoms with Gasteiger partial charge in [0.05, 0.1) is 5.60 Å². The molecule has 4 aliphatic rings. The Morgan fingerprint density at radius 1 is 1.19 bits per heavy atom. The fourth-order valence-electron chi connectivity index (χ4n) is 5.15. The number of nitrogens with zero attached hydrogens (tertiary/aromatic N) is 1. The molecule has 1 aliphatic heterocycles. The number of rotatable bonds is 0. The summed E-state index contributed by atoms with van der Waals surface area (Å²) in [5, 5.41) is 10.8. The molecule has 5 atom stereocenters. The SMILES string of the molecule is O[C@]12CC[C@@H]3CCC[C@H](C4=NCC[C@@H]41)[C@@H]3C2. The molecular weight excluding hydrogens is 198 g/mol. The molecule has 3 aliphatic carbocycles. The van der Waals surface area contributed by atoms with Crippen molar-refractivity contribution in [2.24, 2.45) is 28.7 Å². The molecule has 16 heavy (non-hydrogen) atoms. The quantitative estimate of drug-likeness (QED) is 0.666. The molecule has 0 amide bonds. The van der Waals surface area contributed by atoms with Gasteiger partial charge in [0.1, 0.15) is 0 Å². The standard InChI is InChI=1S/C14H21NO/c16-14-6-4-9-2-1-3-10(11(9)8-14)13-12(14)5-7-15-13/h9-12,16H,1-8H2/t9-,10-,11+,12-,14-/m0/s1. The Morgan fingerprint density at radius 3 is 3.06 bits per heavy atom. The van der Waals surface area contributed by atoms with Crippen molar-refractivity contribution >= 4 is 5.71 Å². The molecule has 0 aromatic heterocycles. The zero-order valence-electron chi connectivity index (χ0n) is 9.86. The normalized spacial score (nSPS) is 54.4. The first-order chi connectivity index (χ1) is 7.78. The maximum Gasteiger partial charge on any atom is 0.0731 e. The number of aliphatic hydroxyl groups is 1. The highest BCUT2D eigenvalue weighted by Crippen LogP contribution is 2.56. The Labute approximate surface area is 97.1 Å². The third kappa shape index (κ3) is 1.09. The van der Waals surface area contributed by atoms with Crippen LogP contribution in [0.25, 0.3) is 0 Å². The maximum absolute atomic E-state index is 10.8. The van der Waals surface area contributed by atoms with Gasteiger partial charge in [0, 0.05) is 24.1 Å². The monoisotopic (exact) mass is 219 g/mol. The summed E-state index contributed by atoms with van der Waals surface area (Å²) < 4.78 is 0. The lowest BCUT2D eigenvalue weighted by Gasteiger charge is -2.55. The highest BCUT2D eigenvalue weighted by molar-refractivity contribution is 5.92. The van der Waals surface area contributed by atoms with Crippen LogP contribution in [0.5, 0.6) is 0 Å². The van der Waals surface area contributed by atoms with Gasteiger partial charge in [0.2, 0.25) is 0 Å². The molecule has 2 heteroatoms. The van der Waals surface area contributed by atoms with Crippen LogP contribution in [0.15, 0.2) is 4.99 Å². The smallest absolute Gasteiger partial charge is 0.0731 e. The molecule has 2 bridgehead atoms. The zero-order valence-corrected chi connectivity index (χ0v) is 9.86. The van der Waals surface area contributed by atoms with E-state index in [9.17, 15) is 5.11 Å². The Bertz CT molecular complexity index is 351. The lowest BCUT2D eigenvalue weighted by Crippen LogP contribution is -2.57. The highest BCUT2D eigenvalue weighted by Gasteiger charge is 2.56. The third-order valence-corrected chi connectivity index (χ3v) is 5.85. The van der Waals surface area contributed by atoms with Crippen LogP contribution in [0.4, 0.5) is 0 Å². The minimum atomic E-state index is -0.357. The van der Waals surface area contributed by atoms with Crippen molar-refractivity contribution in [3.8, 4) is 0 Å². The number of fused-ring (bicyclic) bond motifs is 4. The summed E-state index contributed by atoms with van der Waals surface area (Å²) in [5.74, 6) is 2.88. The van der Waals surface area contributed by atoms with Gasteiger partial charge >= 0.3 is 0 Å². The summed E-state index contributed by atoms with van der Waals surface area (Å²) in [6.07, 6.45) is 8.70. The van der Waals surface area contributed by atoms with E-state index in [0.29, 0.717) is 5.92 Å². The van der Waals surface area contributed by atoms with Gasteiger partial charge in [-0.15, -0.1) is 0 Å². The van der Waals surface area contributed by atoms with Crippen LogP contribution in [0, 0.1) is 23.7 Å². The molecular formula is C14H21NO. The summed E-state index contributed by atoms with van der Waals surface area (Å²) in [4.78, 5) is 4.76. The van der Waals surface area contributed by atoms with Crippen molar-refractivity contribution in [3.63, 3.8) is 0 Å². The van der Waals surface area contributed by atoms with Gasteiger partial charge in [0.15, 0.2) is 0 Å². The molecule has 0 unspecified atom stereocenters. The second-order valence-electron chi connectivity index (χ2n) is 6.46. The Morgan fingerprint density at radius 2 is 2.12 bits per heavy atom. The molecule has 1 heterocycles. The molecule has 88 valence electrons. The second-order valence-corrected chi connectivity index (χ2v) is 6.46. The van der Waals surface area contributed by atoms with Gasteiger partial charge in [-0.3, -0.25) is 4.99 Å². The molecule has 1 N–H and O–H groups in total. The Balaban J connectivity index is 1.78. The van der Waals surface area contributed by atoms with Crippen molar-refractivity contribution in [2.75, 3.05) is 6.54 Å². The molecule has 3 fully saturated rings.